The number of carbonyl (C=O) groups excluding carboxylic acids is 1. The molecule has 5 heteroatoms. The van der Waals surface area contributed by atoms with Crippen molar-refractivity contribution in [3.63, 3.8) is 0 Å². The molecule has 0 aliphatic carbocycles. The van der Waals surface area contributed by atoms with Gasteiger partial charge in [-0.3, -0.25) is 4.79 Å². The van der Waals surface area contributed by atoms with Gasteiger partial charge in [-0.25, -0.2) is 4.98 Å². The number of aryl methyl sites for hydroxylation is 2. The van der Waals surface area contributed by atoms with Gasteiger partial charge in [0.2, 0.25) is 0 Å². The molecular formula is C18H19N3O2. The lowest BCUT2D eigenvalue weighted by molar-refractivity contribution is 0.0970. The molecule has 3 rings (SSSR count). The van der Waals surface area contributed by atoms with Gasteiger partial charge in [0.25, 0.3) is 0 Å². The van der Waals surface area contributed by atoms with Crippen LogP contribution in [0.3, 0.4) is 0 Å². The van der Waals surface area contributed by atoms with Crippen molar-refractivity contribution >= 4 is 5.78 Å². The van der Waals surface area contributed by atoms with E-state index in [2.05, 4.69) is 10.1 Å². The number of ketones is 1. The molecule has 1 aromatic carbocycles. The van der Waals surface area contributed by atoms with Crippen molar-refractivity contribution in [3.8, 4) is 11.3 Å². The average Bonchev–Trinajstić information content (AvgIpc) is 3.24. The van der Waals surface area contributed by atoms with Gasteiger partial charge >= 0.3 is 0 Å². The molecule has 2 heterocycles. The van der Waals surface area contributed by atoms with Gasteiger partial charge in [-0.2, -0.15) is 0 Å². The van der Waals surface area contributed by atoms with Gasteiger partial charge in [0, 0.05) is 37.0 Å². The highest BCUT2D eigenvalue weighted by molar-refractivity contribution is 5.94. The van der Waals surface area contributed by atoms with E-state index in [0.717, 1.165) is 24.9 Å². The van der Waals surface area contributed by atoms with Crippen LogP contribution in [0.25, 0.3) is 11.3 Å². The lowest BCUT2D eigenvalue weighted by atomic mass is 10.1. The van der Waals surface area contributed by atoms with Crippen LogP contribution in [0.5, 0.6) is 0 Å². The fourth-order valence-electron chi connectivity index (χ4n) is 2.39. The smallest absolute Gasteiger partial charge is 0.184 e. The molecule has 0 unspecified atom stereocenters. The van der Waals surface area contributed by atoms with Gasteiger partial charge < -0.3 is 9.09 Å². The predicted octanol–water partition coefficient (Wildman–Crippen LogP) is 3.90. The molecule has 23 heavy (non-hydrogen) atoms. The number of carbonyl (C=O) groups is 1. The van der Waals surface area contributed by atoms with E-state index in [0.29, 0.717) is 17.9 Å². The van der Waals surface area contributed by atoms with Crippen LogP contribution in [0, 0.1) is 6.92 Å². The summed E-state index contributed by atoms with van der Waals surface area (Å²) in [6.07, 6.45) is 7.71. The van der Waals surface area contributed by atoms with Crippen molar-refractivity contribution in [3.05, 3.63) is 60.3 Å². The van der Waals surface area contributed by atoms with Crippen molar-refractivity contribution in [2.24, 2.45) is 0 Å². The van der Waals surface area contributed by atoms with Gasteiger partial charge in [0.05, 0.1) is 6.33 Å². The number of imidazole rings is 1. The Balaban J connectivity index is 1.52. The maximum atomic E-state index is 12.2. The third-order valence-corrected chi connectivity index (χ3v) is 3.76. The van der Waals surface area contributed by atoms with Crippen LogP contribution in [-0.2, 0) is 6.54 Å². The van der Waals surface area contributed by atoms with Crippen LogP contribution >= 0.6 is 0 Å². The zero-order valence-electron chi connectivity index (χ0n) is 13.1. The van der Waals surface area contributed by atoms with Gasteiger partial charge in [-0.15, -0.1) is 0 Å². The van der Waals surface area contributed by atoms with E-state index in [1.54, 1.807) is 18.6 Å². The topological polar surface area (TPSA) is 60.9 Å². The molecule has 2 aromatic heterocycles. The highest BCUT2D eigenvalue weighted by Gasteiger charge is 2.13. The molecule has 0 radical (unpaired) electrons. The summed E-state index contributed by atoms with van der Waals surface area (Å²) in [5.74, 6) is 0.657. The number of aromatic nitrogens is 3. The number of rotatable bonds is 7. The number of benzene rings is 1. The van der Waals surface area contributed by atoms with Gasteiger partial charge in [-0.05, 0) is 19.8 Å². The van der Waals surface area contributed by atoms with E-state index >= 15 is 0 Å². The standard InChI is InChI=1S/C18H19N3O2/c1-14-5-7-15(8-6-14)18-12-16(20-23-18)17(22)4-2-3-10-21-11-9-19-13-21/h5-9,11-13H,2-4,10H2,1H3. The van der Waals surface area contributed by atoms with Crippen LogP contribution in [0.4, 0.5) is 0 Å². The highest BCUT2D eigenvalue weighted by atomic mass is 16.5. The number of hydrogen-bond acceptors (Lipinski definition) is 4. The maximum absolute atomic E-state index is 12.2. The molecule has 0 saturated carbocycles. The summed E-state index contributed by atoms with van der Waals surface area (Å²) in [5, 5.41) is 3.90. The third kappa shape index (κ3) is 3.94. The monoisotopic (exact) mass is 309 g/mol. The lowest BCUT2D eigenvalue weighted by Gasteiger charge is -2.00. The molecule has 3 aromatic rings. The normalized spacial score (nSPS) is 10.8. The van der Waals surface area contributed by atoms with Crippen LogP contribution < -0.4 is 0 Å². The Morgan fingerprint density at radius 1 is 1.22 bits per heavy atom. The maximum Gasteiger partial charge on any atom is 0.184 e. The molecule has 0 aliphatic rings. The molecule has 0 N–H and O–H groups in total. The second kappa shape index (κ2) is 7.05. The summed E-state index contributed by atoms with van der Waals surface area (Å²) >= 11 is 0. The molecule has 0 fully saturated rings. The first-order valence-electron chi connectivity index (χ1n) is 7.75. The van der Waals surface area contributed by atoms with Crippen LogP contribution in [0.15, 0.2) is 53.6 Å². The van der Waals surface area contributed by atoms with Gasteiger partial charge in [0.15, 0.2) is 11.5 Å². The summed E-state index contributed by atoms with van der Waals surface area (Å²) in [6.45, 7) is 2.91. The fraction of sp³-hybridized carbons (Fsp3) is 0.278. The zero-order valence-corrected chi connectivity index (χ0v) is 13.1. The average molecular weight is 309 g/mol. The van der Waals surface area contributed by atoms with E-state index in [1.165, 1.54) is 5.56 Å². The number of Topliss-reactive ketones (excluding diaryl/α,β-unsaturated/α-hetero) is 1. The Hall–Kier alpha value is -2.69. The van der Waals surface area contributed by atoms with E-state index in [1.807, 2.05) is 42.0 Å². The molecule has 0 bridgehead atoms. The molecule has 0 saturated heterocycles. The van der Waals surface area contributed by atoms with Crippen molar-refractivity contribution in [1.82, 2.24) is 14.7 Å². The number of hydrogen-bond donors (Lipinski definition) is 0. The fourth-order valence-corrected chi connectivity index (χ4v) is 2.39. The highest BCUT2D eigenvalue weighted by Crippen LogP contribution is 2.21. The van der Waals surface area contributed by atoms with Crippen LogP contribution in [0.1, 0.15) is 35.3 Å². The van der Waals surface area contributed by atoms with Crippen molar-refractivity contribution < 1.29 is 9.32 Å². The van der Waals surface area contributed by atoms with E-state index < -0.39 is 0 Å². The Morgan fingerprint density at radius 3 is 2.78 bits per heavy atom. The van der Waals surface area contributed by atoms with E-state index in [4.69, 9.17) is 4.52 Å². The lowest BCUT2D eigenvalue weighted by Crippen LogP contribution is -2.01. The third-order valence-electron chi connectivity index (χ3n) is 3.76. The summed E-state index contributed by atoms with van der Waals surface area (Å²) < 4.78 is 7.30. The van der Waals surface area contributed by atoms with Gasteiger partial charge in [-0.1, -0.05) is 35.0 Å². The second-order valence-electron chi connectivity index (χ2n) is 5.62. The summed E-state index contributed by atoms with van der Waals surface area (Å²) in [5.41, 5.74) is 2.52. The van der Waals surface area contributed by atoms with Crippen LogP contribution in [-0.4, -0.2) is 20.5 Å². The Labute approximate surface area is 135 Å². The summed E-state index contributed by atoms with van der Waals surface area (Å²) in [6, 6.07) is 9.68. The SMILES string of the molecule is Cc1ccc(-c2cc(C(=O)CCCCn3ccnc3)no2)cc1. The van der Waals surface area contributed by atoms with Crippen molar-refractivity contribution in [1.29, 1.82) is 0 Å². The summed E-state index contributed by atoms with van der Waals surface area (Å²) in [7, 11) is 0. The quantitative estimate of drug-likeness (QED) is 0.490. The number of unbranched alkanes of at least 4 members (excludes halogenated alkanes) is 1. The Kier molecular flexibility index (Phi) is 4.66. The molecule has 0 aliphatic heterocycles. The van der Waals surface area contributed by atoms with Gasteiger partial charge in [0.1, 0.15) is 5.69 Å². The zero-order chi connectivity index (χ0) is 16.1. The molecule has 0 spiro atoms. The largest absolute Gasteiger partial charge is 0.356 e. The minimum Gasteiger partial charge on any atom is -0.356 e. The molecule has 5 nitrogen and oxygen atoms in total. The predicted molar refractivity (Wildman–Crippen MR) is 87.1 cm³/mol. The first-order chi connectivity index (χ1) is 11.2. The molecule has 0 amide bonds. The Morgan fingerprint density at radius 2 is 2.04 bits per heavy atom. The number of nitrogens with zero attached hydrogens (tertiary/aromatic N) is 3. The van der Waals surface area contributed by atoms with Crippen LogP contribution in [0.2, 0.25) is 0 Å². The first-order valence-corrected chi connectivity index (χ1v) is 7.75. The molecule has 0 atom stereocenters. The van der Waals surface area contributed by atoms with E-state index in [-0.39, 0.29) is 5.78 Å². The van der Waals surface area contributed by atoms with Crippen molar-refractivity contribution in [2.45, 2.75) is 32.7 Å². The second-order valence-corrected chi connectivity index (χ2v) is 5.62. The summed E-state index contributed by atoms with van der Waals surface area (Å²) in [4.78, 5) is 16.2. The molecular weight excluding hydrogens is 290 g/mol. The van der Waals surface area contributed by atoms with Crippen molar-refractivity contribution in [2.75, 3.05) is 0 Å². The minimum atomic E-state index is 0.0257. The molecule has 118 valence electrons. The Bertz CT molecular complexity index is 758. The minimum absolute atomic E-state index is 0.0257. The first kappa shape index (κ1) is 15.2. The van der Waals surface area contributed by atoms with E-state index in [9.17, 15) is 4.79 Å².